The van der Waals surface area contributed by atoms with Crippen LogP contribution in [0.3, 0.4) is 0 Å². The van der Waals surface area contributed by atoms with E-state index in [9.17, 15) is 13.2 Å². The smallest absolute Gasteiger partial charge is 0.326 e. The van der Waals surface area contributed by atoms with Crippen molar-refractivity contribution in [2.24, 2.45) is 0 Å². The van der Waals surface area contributed by atoms with Crippen LogP contribution in [0.15, 0.2) is 42.5 Å². The molecule has 0 unspecified atom stereocenters. The summed E-state index contributed by atoms with van der Waals surface area (Å²) in [7, 11) is 0. The summed E-state index contributed by atoms with van der Waals surface area (Å²) in [6, 6.07) is 10.7. The number of rotatable bonds is 2. The van der Waals surface area contributed by atoms with Gasteiger partial charge in [0.15, 0.2) is 5.96 Å². The van der Waals surface area contributed by atoms with Gasteiger partial charge in [-0.15, -0.1) is 0 Å². The van der Waals surface area contributed by atoms with E-state index in [1.165, 1.54) is 23.3 Å². The van der Waals surface area contributed by atoms with E-state index in [2.05, 4.69) is 16.7 Å². The number of aryl methyl sites for hydroxylation is 1. The Morgan fingerprint density at radius 1 is 1.00 bits per heavy atom. The van der Waals surface area contributed by atoms with Gasteiger partial charge in [0.2, 0.25) is 0 Å². The Kier molecular flexibility index (Phi) is 3.98. The van der Waals surface area contributed by atoms with Crippen LogP contribution in [0, 0.1) is 5.41 Å². The van der Waals surface area contributed by atoms with Gasteiger partial charge in [-0.1, -0.05) is 18.2 Å². The number of nitrogens with one attached hydrogen (secondary N) is 3. The van der Waals surface area contributed by atoms with E-state index in [1.54, 1.807) is 0 Å². The fourth-order valence-electron chi connectivity index (χ4n) is 2.82. The molecule has 0 atom stereocenters. The molecule has 0 aliphatic heterocycles. The van der Waals surface area contributed by atoms with Gasteiger partial charge >= 0.3 is 6.18 Å². The summed E-state index contributed by atoms with van der Waals surface area (Å²) in [6.45, 7) is 0. The first-order valence-electron chi connectivity index (χ1n) is 7.34. The van der Waals surface area contributed by atoms with Gasteiger partial charge in [-0.3, -0.25) is 5.41 Å². The second kappa shape index (κ2) is 5.95. The fraction of sp³-hybridized carbons (Fsp3) is 0.235. The molecule has 1 aliphatic rings. The number of fused-ring (bicyclic) bond motifs is 1. The van der Waals surface area contributed by atoms with E-state index >= 15 is 0 Å². The van der Waals surface area contributed by atoms with Crippen molar-refractivity contribution in [3.05, 3.63) is 59.2 Å². The van der Waals surface area contributed by atoms with Gasteiger partial charge in [0.1, 0.15) is 0 Å². The first-order valence-corrected chi connectivity index (χ1v) is 7.34. The van der Waals surface area contributed by atoms with Crippen LogP contribution in [-0.4, -0.2) is 5.96 Å². The Balaban J connectivity index is 1.72. The molecule has 0 aromatic heterocycles. The summed E-state index contributed by atoms with van der Waals surface area (Å²) >= 11 is 0. The van der Waals surface area contributed by atoms with Crippen molar-refractivity contribution in [3.8, 4) is 0 Å². The quantitative estimate of drug-likeness (QED) is 0.557. The lowest BCUT2D eigenvalue weighted by Crippen LogP contribution is -2.21. The number of guanidine groups is 1. The lowest BCUT2D eigenvalue weighted by molar-refractivity contribution is -0.137. The Labute approximate surface area is 132 Å². The average molecular weight is 319 g/mol. The van der Waals surface area contributed by atoms with Crippen molar-refractivity contribution in [1.29, 1.82) is 5.41 Å². The maximum Gasteiger partial charge on any atom is 0.416 e. The molecule has 0 saturated heterocycles. The lowest BCUT2D eigenvalue weighted by atomic mass is 10.1. The SMILES string of the molecule is N=C(Nc1cccc(C(F)(F)F)c1)Nc1cccc2c1CCC2. The summed E-state index contributed by atoms with van der Waals surface area (Å²) in [5.41, 5.74) is 2.77. The van der Waals surface area contributed by atoms with Gasteiger partial charge in [-0.25, -0.2) is 0 Å². The van der Waals surface area contributed by atoms with Crippen LogP contribution in [0.2, 0.25) is 0 Å². The minimum atomic E-state index is -4.40. The second-order valence-corrected chi connectivity index (χ2v) is 5.50. The Morgan fingerprint density at radius 3 is 2.57 bits per heavy atom. The highest BCUT2D eigenvalue weighted by molar-refractivity contribution is 6.02. The molecule has 1 aliphatic carbocycles. The van der Waals surface area contributed by atoms with E-state index in [-0.39, 0.29) is 11.6 Å². The molecule has 2 aromatic carbocycles. The van der Waals surface area contributed by atoms with E-state index in [0.29, 0.717) is 0 Å². The molecule has 6 heteroatoms. The van der Waals surface area contributed by atoms with Crippen LogP contribution in [0.25, 0.3) is 0 Å². The van der Waals surface area contributed by atoms with E-state index < -0.39 is 11.7 Å². The van der Waals surface area contributed by atoms with E-state index in [4.69, 9.17) is 5.41 Å². The zero-order chi connectivity index (χ0) is 16.4. The summed E-state index contributed by atoms with van der Waals surface area (Å²) in [5, 5.41) is 13.6. The summed E-state index contributed by atoms with van der Waals surface area (Å²) in [5.74, 6) is -0.0513. The van der Waals surface area contributed by atoms with Gasteiger partial charge in [0.05, 0.1) is 5.56 Å². The van der Waals surface area contributed by atoms with Crippen molar-refractivity contribution in [2.45, 2.75) is 25.4 Å². The molecule has 0 spiro atoms. The van der Waals surface area contributed by atoms with Crippen LogP contribution in [0.4, 0.5) is 24.5 Å². The van der Waals surface area contributed by atoms with Crippen molar-refractivity contribution >= 4 is 17.3 Å². The molecular weight excluding hydrogens is 303 g/mol. The maximum absolute atomic E-state index is 12.7. The molecule has 2 aromatic rings. The molecule has 0 radical (unpaired) electrons. The minimum Gasteiger partial charge on any atom is -0.326 e. The number of hydrogen-bond acceptors (Lipinski definition) is 1. The Bertz CT molecular complexity index is 738. The zero-order valence-electron chi connectivity index (χ0n) is 12.3. The molecule has 0 bridgehead atoms. The van der Waals surface area contributed by atoms with Gasteiger partial charge in [0, 0.05) is 11.4 Å². The molecular formula is C17H16F3N3. The highest BCUT2D eigenvalue weighted by Gasteiger charge is 2.30. The third-order valence-electron chi connectivity index (χ3n) is 3.86. The normalized spacial score (nSPS) is 13.5. The highest BCUT2D eigenvalue weighted by atomic mass is 19.4. The molecule has 0 amide bonds. The molecule has 0 saturated carbocycles. The molecule has 0 heterocycles. The lowest BCUT2D eigenvalue weighted by Gasteiger charge is -2.14. The van der Waals surface area contributed by atoms with Crippen LogP contribution in [0.1, 0.15) is 23.1 Å². The number of hydrogen-bond donors (Lipinski definition) is 3. The van der Waals surface area contributed by atoms with Gasteiger partial charge in [-0.05, 0) is 54.7 Å². The molecule has 3 nitrogen and oxygen atoms in total. The predicted molar refractivity (Wildman–Crippen MR) is 84.9 cm³/mol. The van der Waals surface area contributed by atoms with Gasteiger partial charge in [-0.2, -0.15) is 13.2 Å². The Morgan fingerprint density at radius 2 is 1.78 bits per heavy atom. The summed E-state index contributed by atoms with van der Waals surface area (Å²) < 4.78 is 38.1. The zero-order valence-corrected chi connectivity index (χ0v) is 12.3. The van der Waals surface area contributed by atoms with E-state index in [1.807, 2.05) is 12.1 Å². The van der Waals surface area contributed by atoms with Gasteiger partial charge < -0.3 is 10.6 Å². The third kappa shape index (κ3) is 3.47. The molecule has 3 N–H and O–H groups in total. The van der Waals surface area contributed by atoms with Crippen LogP contribution in [-0.2, 0) is 19.0 Å². The molecule has 23 heavy (non-hydrogen) atoms. The van der Waals surface area contributed by atoms with Crippen LogP contribution in [0.5, 0.6) is 0 Å². The fourth-order valence-corrected chi connectivity index (χ4v) is 2.82. The topological polar surface area (TPSA) is 47.9 Å². The number of anilines is 2. The van der Waals surface area contributed by atoms with E-state index in [0.717, 1.165) is 37.1 Å². The molecule has 0 fully saturated rings. The molecule has 3 rings (SSSR count). The summed E-state index contributed by atoms with van der Waals surface area (Å²) in [4.78, 5) is 0. The second-order valence-electron chi connectivity index (χ2n) is 5.50. The first-order chi connectivity index (χ1) is 10.9. The summed E-state index contributed by atoms with van der Waals surface area (Å²) in [6.07, 6.45) is -1.33. The third-order valence-corrected chi connectivity index (χ3v) is 3.86. The van der Waals surface area contributed by atoms with Crippen molar-refractivity contribution in [3.63, 3.8) is 0 Å². The predicted octanol–water partition coefficient (Wildman–Crippen LogP) is 4.65. The van der Waals surface area contributed by atoms with Crippen molar-refractivity contribution in [2.75, 3.05) is 10.6 Å². The average Bonchev–Trinajstić information content (AvgIpc) is 2.96. The Hall–Kier alpha value is -2.50. The monoisotopic (exact) mass is 319 g/mol. The van der Waals surface area contributed by atoms with Crippen LogP contribution < -0.4 is 10.6 Å². The maximum atomic E-state index is 12.7. The first kappa shape index (κ1) is 15.4. The standard InChI is InChI=1S/C17H16F3N3/c18-17(19,20)12-6-3-7-13(10-12)22-16(21)23-15-9-2-5-11-4-1-8-14(11)15/h2-3,5-7,9-10H,1,4,8H2,(H3,21,22,23). The van der Waals surface area contributed by atoms with Crippen molar-refractivity contribution < 1.29 is 13.2 Å². The largest absolute Gasteiger partial charge is 0.416 e. The number of benzene rings is 2. The number of halogens is 3. The number of alkyl halides is 3. The van der Waals surface area contributed by atoms with Crippen LogP contribution >= 0.6 is 0 Å². The molecule has 120 valence electrons. The minimum absolute atomic E-state index is 0.0513. The van der Waals surface area contributed by atoms with Gasteiger partial charge in [0.25, 0.3) is 0 Å². The van der Waals surface area contributed by atoms with Crippen molar-refractivity contribution in [1.82, 2.24) is 0 Å². The highest BCUT2D eigenvalue weighted by Crippen LogP contribution is 2.31.